The summed E-state index contributed by atoms with van der Waals surface area (Å²) in [6.07, 6.45) is 6.07. The number of para-hydroxylation sites is 1. The van der Waals surface area contributed by atoms with Gasteiger partial charge in [-0.15, -0.1) is 0 Å². The molecule has 0 aliphatic heterocycles. The molecular weight excluding hydrogens is 286 g/mol. The molecule has 0 spiro atoms. The molecule has 0 amide bonds. The third-order valence-corrected chi connectivity index (χ3v) is 4.82. The molecule has 1 N–H and O–H groups in total. The zero-order chi connectivity index (χ0) is 16.9. The van der Waals surface area contributed by atoms with Gasteiger partial charge >= 0.3 is 0 Å². The molecule has 1 aromatic carbocycles. The highest BCUT2D eigenvalue weighted by Crippen LogP contribution is 2.31. The van der Waals surface area contributed by atoms with Crippen LogP contribution in [-0.4, -0.2) is 42.4 Å². The fraction of sp³-hybridized carbons (Fsp3) is 0.700. The molecule has 3 nitrogen and oxygen atoms in total. The van der Waals surface area contributed by atoms with Crippen LogP contribution in [-0.2, 0) is 5.41 Å². The Hall–Kier alpha value is -1.06. The van der Waals surface area contributed by atoms with E-state index in [1.807, 2.05) is 18.2 Å². The highest BCUT2D eigenvalue weighted by molar-refractivity contribution is 5.38. The summed E-state index contributed by atoms with van der Waals surface area (Å²) >= 11 is 0. The maximum absolute atomic E-state index is 10.3. The first-order valence-corrected chi connectivity index (χ1v) is 8.98. The van der Waals surface area contributed by atoms with Crippen molar-refractivity contribution in [1.82, 2.24) is 4.90 Å². The van der Waals surface area contributed by atoms with Crippen molar-refractivity contribution in [2.45, 2.75) is 70.4 Å². The van der Waals surface area contributed by atoms with E-state index in [0.29, 0.717) is 19.2 Å². The Morgan fingerprint density at radius 1 is 1.17 bits per heavy atom. The van der Waals surface area contributed by atoms with Gasteiger partial charge in [-0.3, -0.25) is 0 Å². The van der Waals surface area contributed by atoms with E-state index in [2.05, 4.69) is 38.8 Å². The molecule has 0 radical (unpaired) electrons. The van der Waals surface area contributed by atoms with E-state index in [0.717, 1.165) is 5.75 Å². The monoisotopic (exact) mass is 319 g/mol. The average molecular weight is 319 g/mol. The molecule has 1 unspecified atom stereocenters. The second kappa shape index (κ2) is 8.16. The number of aliphatic hydroxyl groups excluding tert-OH is 1. The first-order valence-electron chi connectivity index (χ1n) is 8.98. The number of benzene rings is 1. The van der Waals surface area contributed by atoms with Crippen LogP contribution in [0.15, 0.2) is 24.3 Å². The number of likely N-dealkylation sites (N-methyl/N-ethyl adjacent to an activating group) is 1. The van der Waals surface area contributed by atoms with Gasteiger partial charge in [-0.25, -0.2) is 0 Å². The lowest BCUT2D eigenvalue weighted by molar-refractivity contribution is 0.0556. The molecule has 0 heterocycles. The lowest BCUT2D eigenvalue weighted by Crippen LogP contribution is -2.40. The minimum absolute atomic E-state index is 0.0421. The fourth-order valence-electron chi connectivity index (χ4n) is 3.45. The Morgan fingerprint density at radius 2 is 1.83 bits per heavy atom. The predicted molar refractivity (Wildman–Crippen MR) is 96.1 cm³/mol. The zero-order valence-corrected chi connectivity index (χ0v) is 15.2. The van der Waals surface area contributed by atoms with Crippen molar-refractivity contribution in [2.75, 3.05) is 20.2 Å². The second-order valence-corrected chi connectivity index (χ2v) is 7.94. The standard InChI is InChI=1S/C20H33NO2/c1-20(2,3)18-12-8-9-13-19(18)23-15-17(22)14-21(4)16-10-6-5-7-11-16/h8-9,12-13,16-17,22H,5-7,10-11,14-15H2,1-4H3. The third-order valence-electron chi connectivity index (χ3n) is 4.82. The quantitative estimate of drug-likeness (QED) is 0.860. The van der Waals surface area contributed by atoms with Crippen molar-refractivity contribution in [3.8, 4) is 5.75 Å². The smallest absolute Gasteiger partial charge is 0.123 e. The van der Waals surface area contributed by atoms with Gasteiger partial charge in [-0.05, 0) is 36.9 Å². The van der Waals surface area contributed by atoms with Gasteiger partial charge in [0.25, 0.3) is 0 Å². The number of hydrogen-bond acceptors (Lipinski definition) is 3. The van der Waals surface area contributed by atoms with E-state index in [4.69, 9.17) is 4.74 Å². The van der Waals surface area contributed by atoms with E-state index < -0.39 is 6.10 Å². The summed E-state index contributed by atoms with van der Waals surface area (Å²) in [4.78, 5) is 2.31. The van der Waals surface area contributed by atoms with Crippen molar-refractivity contribution >= 4 is 0 Å². The molecular formula is C20H33NO2. The Labute approximate surface area is 141 Å². The molecule has 1 fully saturated rings. The van der Waals surface area contributed by atoms with Crippen LogP contribution in [0.4, 0.5) is 0 Å². The van der Waals surface area contributed by atoms with Crippen LogP contribution in [0.25, 0.3) is 0 Å². The molecule has 1 aliphatic carbocycles. The first kappa shape index (κ1) is 18.3. The third kappa shape index (κ3) is 5.50. The number of rotatable bonds is 6. The van der Waals surface area contributed by atoms with Gasteiger partial charge in [-0.2, -0.15) is 0 Å². The van der Waals surface area contributed by atoms with Crippen LogP contribution >= 0.6 is 0 Å². The predicted octanol–water partition coefficient (Wildman–Crippen LogP) is 3.99. The van der Waals surface area contributed by atoms with Gasteiger partial charge in [0.05, 0.1) is 0 Å². The van der Waals surface area contributed by atoms with Gasteiger partial charge in [0.1, 0.15) is 18.5 Å². The summed E-state index contributed by atoms with van der Waals surface area (Å²) in [7, 11) is 2.13. The second-order valence-electron chi connectivity index (χ2n) is 7.94. The van der Waals surface area contributed by atoms with Crippen molar-refractivity contribution in [3.63, 3.8) is 0 Å². The molecule has 3 heteroatoms. The summed E-state index contributed by atoms with van der Waals surface area (Å²) in [5, 5.41) is 10.3. The van der Waals surface area contributed by atoms with E-state index in [-0.39, 0.29) is 5.41 Å². The Kier molecular flexibility index (Phi) is 6.49. The highest BCUT2D eigenvalue weighted by Gasteiger charge is 2.22. The van der Waals surface area contributed by atoms with Crippen LogP contribution in [0.1, 0.15) is 58.4 Å². The molecule has 1 saturated carbocycles. The lowest BCUT2D eigenvalue weighted by Gasteiger charge is -2.32. The minimum atomic E-state index is -0.449. The molecule has 1 aliphatic rings. The molecule has 2 rings (SSSR count). The number of aliphatic hydroxyl groups is 1. The van der Waals surface area contributed by atoms with Crippen LogP contribution in [0, 0.1) is 0 Å². The van der Waals surface area contributed by atoms with Crippen molar-refractivity contribution in [2.24, 2.45) is 0 Å². The van der Waals surface area contributed by atoms with Crippen LogP contribution in [0.3, 0.4) is 0 Å². The van der Waals surface area contributed by atoms with Crippen molar-refractivity contribution in [1.29, 1.82) is 0 Å². The van der Waals surface area contributed by atoms with Crippen LogP contribution in [0.5, 0.6) is 5.75 Å². The summed E-state index contributed by atoms with van der Waals surface area (Å²) < 4.78 is 5.94. The Morgan fingerprint density at radius 3 is 2.48 bits per heavy atom. The molecule has 0 saturated heterocycles. The topological polar surface area (TPSA) is 32.7 Å². The van der Waals surface area contributed by atoms with E-state index in [1.54, 1.807) is 0 Å². The fourth-order valence-corrected chi connectivity index (χ4v) is 3.45. The van der Waals surface area contributed by atoms with Crippen LogP contribution < -0.4 is 4.74 Å². The molecule has 0 bridgehead atoms. The van der Waals surface area contributed by atoms with Gasteiger partial charge in [0, 0.05) is 12.6 Å². The Balaban J connectivity index is 1.86. The van der Waals surface area contributed by atoms with Gasteiger partial charge in [-0.1, -0.05) is 58.2 Å². The largest absolute Gasteiger partial charge is 0.491 e. The molecule has 130 valence electrons. The van der Waals surface area contributed by atoms with E-state index in [1.165, 1.54) is 37.7 Å². The summed E-state index contributed by atoms with van der Waals surface area (Å²) in [6.45, 7) is 7.58. The van der Waals surface area contributed by atoms with E-state index >= 15 is 0 Å². The molecule has 23 heavy (non-hydrogen) atoms. The first-order chi connectivity index (χ1) is 10.9. The maximum Gasteiger partial charge on any atom is 0.123 e. The number of nitrogens with zero attached hydrogens (tertiary/aromatic N) is 1. The zero-order valence-electron chi connectivity index (χ0n) is 15.2. The van der Waals surface area contributed by atoms with Crippen molar-refractivity contribution < 1.29 is 9.84 Å². The van der Waals surface area contributed by atoms with Gasteiger partial charge in [0.15, 0.2) is 0 Å². The van der Waals surface area contributed by atoms with Gasteiger partial charge in [0.2, 0.25) is 0 Å². The Bertz CT molecular complexity index is 475. The normalized spacial score (nSPS) is 18.2. The van der Waals surface area contributed by atoms with Crippen molar-refractivity contribution in [3.05, 3.63) is 29.8 Å². The van der Waals surface area contributed by atoms with Crippen LogP contribution in [0.2, 0.25) is 0 Å². The average Bonchev–Trinajstić information content (AvgIpc) is 2.53. The summed E-state index contributed by atoms with van der Waals surface area (Å²) in [6, 6.07) is 8.76. The summed E-state index contributed by atoms with van der Waals surface area (Å²) in [5.74, 6) is 0.888. The van der Waals surface area contributed by atoms with Gasteiger partial charge < -0.3 is 14.7 Å². The highest BCUT2D eigenvalue weighted by atomic mass is 16.5. The minimum Gasteiger partial charge on any atom is -0.491 e. The lowest BCUT2D eigenvalue weighted by atomic mass is 9.86. The number of ether oxygens (including phenoxy) is 1. The molecule has 0 aromatic heterocycles. The maximum atomic E-state index is 10.3. The number of hydrogen-bond donors (Lipinski definition) is 1. The SMILES string of the molecule is CN(CC(O)COc1ccccc1C(C)(C)C)C1CCCCC1. The molecule has 1 aromatic rings. The van der Waals surface area contributed by atoms with E-state index in [9.17, 15) is 5.11 Å². The molecule has 1 atom stereocenters. The summed E-state index contributed by atoms with van der Waals surface area (Å²) in [5.41, 5.74) is 1.23.